The van der Waals surface area contributed by atoms with Gasteiger partial charge in [-0.2, -0.15) is 0 Å². The first-order valence-corrected chi connectivity index (χ1v) is 6.17. The molecule has 1 aromatic carbocycles. The van der Waals surface area contributed by atoms with Crippen molar-refractivity contribution in [1.29, 1.82) is 0 Å². The smallest absolute Gasteiger partial charge is 0.321 e. The van der Waals surface area contributed by atoms with Crippen molar-refractivity contribution in [1.82, 2.24) is 10.6 Å². The van der Waals surface area contributed by atoms with Crippen molar-refractivity contribution in [3.8, 4) is 0 Å². The number of amides is 3. The van der Waals surface area contributed by atoms with E-state index in [4.69, 9.17) is 0 Å². The van der Waals surface area contributed by atoms with Crippen molar-refractivity contribution < 1.29 is 18.4 Å². The summed E-state index contributed by atoms with van der Waals surface area (Å²) in [6, 6.07) is 2.77. The Hall–Kier alpha value is -1.63. The number of rotatable bonds is 4. The molecule has 0 aliphatic rings. The summed E-state index contributed by atoms with van der Waals surface area (Å²) < 4.78 is 25.5. The van der Waals surface area contributed by atoms with Crippen molar-refractivity contribution in [2.75, 3.05) is 12.3 Å². The van der Waals surface area contributed by atoms with Crippen LogP contribution in [0.4, 0.5) is 13.6 Å². The van der Waals surface area contributed by atoms with Crippen LogP contribution in [0.2, 0.25) is 0 Å². The number of carbonyl (C=O) groups excluding carboxylic acids is 2. The molecule has 0 heterocycles. The molecule has 1 aromatic rings. The van der Waals surface area contributed by atoms with Crippen LogP contribution < -0.4 is 10.6 Å². The van der Waals surface area contributed by atoms with E-state index in [1.165, 1.54) is 6.07 Å². The molecular formula is C11H12F2N2O2S. The van der Waals surface area contributed by atoms with Crippen LogP contribution in [0.5, 0.6) is 0 Å². The Labute approximate surface area is 107 Å². The molecule has 2 N–H and O–H groups in total. The Kier molecular flexibility index (Phi) is 5.57. The summed E-state index contributed by atoms with van der Waals surface area (Å²) in [5, 5.41) is 4.50. The molecular weight excluding hydrogens is 262 g/mol. The molecule has 0 atom stereocenters. The second-order valence-corrected chi connectivity index (χ2v) is 4.32. The molecule has 0 bridgehead atoms. The fraction of sp³-hybridized carbons (Fsp3) is 0.273. The lowest BCUT2D eigenvalue weighted by atomic mass is 10.3. The van der Waals surface area contributed by atoms with Gasteiger partial charge < -0.3 is 5.32 Å². The molecule has 0 fully saturated rings. The zero-order chi connectivity index (χ0) is 13.5. The third-order valence-corrected chi connectivity index (χ3v) is 2.85. The maximum absolute atomic E-state index is 12.9. The van der Waals surface area contributed by atoms with Gasteiger partial charge in [-0.1, -0.05) is 0 Å². The molecule has 1 rings (SSSR count). The predicted octanol–water partition coefficient (Wildman–Crippen LogP) is 1.90. The Morgan fingerprint density at radius 2 is 2.00 bits per heavy atom. The largest absolute Gasteiger partial charge is 0.338 e. The quantitative estimate of drug-likeness (QED) is 0.824. The van der Waals surface area contributed by atoms with Gasteiger partial charge in [0.05, 0.1) is 5.75 Å². The average molecular weight is 274 g/mol. The Morgan fingerprint density at radius 1 is 1.28 bits per heavy atom. The molecule has 3 amide bonds. The van der Waals surface area contributed by atoms with Gasteiger partial charge >= 0.3 is 6.03 Å². The van der Waals surface area contributed by atoms with Crippen molar-refractivity contribution in [2.45, 2.75) is 11.8 Å². The van der Waals surface area contributed by atoms with E-state index in [1.807, 2.05) is 0 Å². The van der Waals surface area contributed by atoms with Crippen LogP contribution in [0.25, 0.3) is 0 Å². The van der Waals surface area contributed by atoms with Gasteiger partial charge in [0.25, 0.3) is 0 Å². The van der Waals surface area contributed by atoms with Crippen LogP contribution in [-0.4, -0.2) is 24.2 Å². The van der Waals surface area contributed by atoms with E-state index in [2.05, 4.69) is 10.6 Å². The highest BCUT2D eigenvalue weighted by Crippen LogP contribution is 2.19. The maximum Gasteiger partial charge on any atom is 0.321 e. The van der Waals surface area contributed by atoms with E-state index < -0.39 is 23.6 Å². The monoisotopic (exact) mass is 274 g/mol. The topological polar surface area (TPSA) is 58.2 Å². The normalized spacial score (nSPS) is 9.94. The Morgan fingerprint density at radius 3 is 2.61 bits per heavy atom. The van der Waals surface area contributed by atoms with E-state index in [0.717, 1.165) is 23.9 Å². The molecule has 98 valence electrons. The van der Waals surface area contributed by atoms with Crippen LogP contribution in [0.1, 0.15) is 6.92 Å². The number of carbonyl (C=O) groups is 2. The third kappa shape index (κ3) is 4.70. The van der Waals surface area contributed by atoms with E-state index in [0.29, 0.717) is 11.4 Å². The molecule has 0 aliphatic carbocycles. The number of hydrogen-bond acceptors (Lipinski definition) is 3. The van der Waals surface area contributed by atoms with Crippen molar-refractivity contribution in [2.24, 2.45) is 0 Å². The van der Waals surface area contributed by atoms with Gasteiger partial charge in [-0.15, -0.1) is 11.8 Å². The zero-order valence-electron chi connectivity index (χ0n) is 9.63. The highest BCUT2D eigenvalue weighted by atomic mass is 32.2. The first-order valence-electron chi connectivity index (χ1n) is 5.18. The summed E-state index contributed by atoms with van der Waals surface area (Å²) in [5.41, 5.74) is 0. The summed E-state index contributed by atoms with van der Waals surface area (Å²) in [5.74, 6) is -2.46. The highest BCUT2D eigenvalue weighted by molar-refractivity contribution is 8.00. The lowest BCUT2D eigenvalue weighted by molar-refractivity contribution is -0.117. The molecule has 4 nitrogen and oxygen atoms in total. The van der Waals surface area contributed by atoms with Gasteiger partial charge in [0.2, 0.25) is 5.91 Å². The van der Waals surface area contributed by atoms with E-state index in [-0.39, 0.29) is 5.75 Å². The molecule has 0 saturated heterocycles. The van der Waals surface area contributed by atoms with Gasteiger partial charge in [-0.3, -0.25) is 10.1 Å². The summed E-state index contributed by atoms with van der Waals surface area (Å²) in [6.45, 7) is 2.13. The second-order valence-electron chi connectivity index (χ2n) is 3.27. The van der Waals surface area contributed by atoms with Crippen LogP contribution in [0.3, 0.4) is 0 Å². The fourth-order valence-corrected chi connectivity index (χ4v) is 1.80. The van der Waals surface area contributed by atoms with Gasteiger partial charge in [0.15, 0.2) is 11.6 Å². The van der Waals surface area contributed by atoms with Crippen LogP contribution in [0.15, 0.2) is 23.1 Å². The first kappa shape index (κ1) is 14.4. The van der Waals surface area contributed by atoms with Gasteiger partial charge in [0, 0.05) is 11.4 Å². The minimum absolute atomic E-state index is 0.0534. The Bertz CT molecular complexity index is 455. The fourth-order valence-electron chi connectivity index (χ4n) is 1.08. The van der Waals surface area contributed by atoms with Gasteiger partial charge in [-0.05, 0) is 25.1 Å². The number of halogens is 2. The van der Waals surface area contributed by atoms with Crippen molar-refractivity contribution in [3.05, 3.63) is 29.8 Å². The molecule has 0 unspecified atom stereocenters. The van der Waals surface area contributed by atoms with Crippen molar-refractivity contribution in [3.63, 3.8) is 0 Å². The minimum Gasteiger partial charge on any atom is -0.338 e. The van der Waals surface area contributed by atoms with Gasteiger partial charge in [-0.25, -0.2) is 13.6 Å². The van der Waals surface area contributed by atoms with Crippen LogP contribution in [0, 0.1) is 11.6 Å². The number of imide groups is 1. The molecule has 0 saturated carbocycles. The summed E-state index contributed by atoms with van der Waals surface area (Å²) in [7, 11) is 0. The number of thioether (sulfide) groups is 1. The molecule has 0 radical (unpaired) electrons. The molecule has 0 aliphatic heterocycles. The molecule has 7 heteroatoms. The summed E-state index contributed by atoms with van der Waals surface area (Å²) >= 11 is 1.01. The second kappa shape index (κ2) is 6.95. The number of urea groups is 1. The van der Waals surface area contributed by atoms with Crippen molar-refractivity contribution >= 4 is 23.7 Å². The molecule has 18 heavy (non-hydrogen) atoms. The summed E-state index contributed by atoms with van der Waals surface area (Å²) in [4.78, 5) is 22.7. The van der Waals surface area contributed by atoms with E-state index >= 15 is 0 Å². The standard InChI is InChI=1S/C11H12F2N2O2S/c1-2-14-11(17)15-10(16)6-18-7-3-4-8(12)9(13)5-7/h3-5H,2,6H2,1H3,(H2,14,15,16,17). The Balaban J connectivity index is 2.42. The predicted molar refractivity (Wildman–Crippen MR) is 64.3 cm³/mol. The average Bonchev–Trinajstić information content (AvgIpc) is 2.31. The maximum atomic E-state index is 12.9. The SMILES string of the molecule is CCNC(=O)NC(=O)CSc1ccc(F)c(F)c1. The van der Waals surface area contributed by atoms with Gasteiger partial charge in [0.1, 0.15) is 0 Å². The van der Waals surface area contributed by atoms with Crippen LogP contribution in [-0.2, 0) is 4.79 Å². The van der Waals surface area contributed by atoms with E-state index in [9.17, 15) is 18.4 Å². The summed E-state index contributed by atoms with van der Waals surface area (Å²) in [6.07, 6.45) is 0. The number of hydrogen-bond donors (Lipinski definition) is 2. The number of nitrogens with one attached hydrogen (secondary N) is 2. The lowest BCUT2D eigenvalue weighted by Crippen LogP contribution is -2.40. The van der Waals surface area contributed by atoms with Crippen LogP contribution >= 0.6 is 11.8 Å². The molecule has 0 aromatic heterocycles. The first-order chi connectivity index (χ1) is 8.52. The highest BCUT2D eigenvalue weighted by Gasteiger charge is 2.08. The number of benzene rings is 1. The van der Waals surface area contributed by atoms with E-state index in [1.54, 1.807) is 6.92 Å². The third-order valence-electron chi connectivity index (χ3n) is 1.85. The lowest BCUT2D eigenvalue weighted by Gasteiger charge is -2.04. The molecule has 0 spiro atoms. The minimum atomic E-state index is -0.968. The zero-order valence-corrected chi connectivity index (χ0v) is 10.4.